The highest BCUT2D eigenvalue weighted by molar-refractivity contribution is 7.18. The van der Waals surface area contributed by atoms with Crippen molar-refractivity contribution in [1.29, 1.82) is 0 Å². The maximum atomic E-state index is 5.12. The minimum Gasteiger partial charge on any atom is -0.385 e. The number of aryl methyl sites for hydroxylation is 1. The molecule has 2 aromatic rings. The summed E-state index contributed by atoms with van der Waals surface area (Å²) in [6, 6.07) is 2.45. The average molecular weight is 294 g/mol. The third kappa shape index (κ3) is 3.58. The summed E-state index contributed by atoms with van der Waals surface area (Å²) in [5.74, 6) is 1.59. The van der Waals surface area contributed by atoms with E-state index in [1.807, 2.05) is 6.92 Å². The van der Waals surface area contributed by atoms with E-state index >= 15 is 0 Å². The Hall–Kier alpha value is -1.40. The summed E-state index contributed by atoms with van der Waals surface area (Å²) < 4.78 is 5.12. The van der Waals surface area contributed by atoms with Crippen LogP contribution in [0, 0.1) is 6.92 Å². The molecule has 0 aliphatic heterocycles. The van der Waals surface area contributed by atoms with Crippen molar-refractivity contribution in [2.45, 2.75) is 33.2 Å². The lowest BCUT2D eigenvalue weighted by Crippen LogP contribution is -2.18. The summed E-state index contributed by atoms with van der Waals surface area (Å²) >= 11 is 1.70. The number of nitrogens with one attached hydrogen (secondary N) is 2. The number of hydrogen-bond donors (Lipinski definition) is 2. The van der Waals surface area contributed by atoms with E-state index < -0.39 is 0 Å². The number of fused-ring (bicyclic) bond motifs is 1. The molecule has 2 N–H and O–H groups in total. The molecule has 20 heavy (non-hydrogen) atoms. The van der Waals surface area contributed by atoms with Gasteiger partial charge in [-0.25, -0.2) is 4.98 Å². The smallest absolute Gasteiger partial charge is 0.226 e. The van der Waals surface area contributed by atoms with E-state index in [4.69, 9.17) is 4.74 Å². The van der Waals surface area contributed by atoms with Crippen molar-refractivity contribution in [2.75, 3.05) is 30.9 Å². The van der Waals surface area contributed by atoms with E-state index in [2.05, 4.69) is 40.5 Å². The Balaban J connectivity index is 2.28. The van der Waals surface area contributed by atoms with E-state index in [0.717, 1.165) is 35.6 Å². The van der Waals surface area contributed by atoms with Crippen LogP contribution in [0.4, 0.5) is 11.8 Å². The molecule has 0 aliphatic carbocycles. The molecule has 2 aromatic heterocycles. The van der Waals surface area contributed by atoms with Crippen LogP contribution in [0.15, 0.2) is 6.07 Å². The Morgan fingerprint density at radius 1 is 1.40 bits per heavy atom. The summed E-state index contributed by atoms with van der Waals surface area (Å²) in [5.41, 5.74) is 0. The van der Waals surface area contributed by atoms with Crippen molar-refractivity contribution < 1.29 is 4.74 Å². The van der Waals surface area contributed by atoms with Gasteiger partial charge in [0.25, 0.3) is 0 Å². The van der Waals surface area contributed by atoms with Crippen LogP contribution in [-0.2, 0) is 4.74 Å². The van der Waals surface area contributed by atoms with Gasteiger partial charge >= 0.3 is 0 Å². The van der Waals surface area contributed by atoms with E-state index in [-0.39, 0.29) is 0 Å². The van der Waals surface area contributed by atoms with Crippen molar-refractivity contribution in [3.8, 4) is 0 Å². The molecule has 0 spiro atoms. The molecule has 1 atom stereocenters. The quantitative estimate of drug-likeness (QED) is 0.820. The van der Waals surface area contributed by atoms with Gasteiger partial charge in [0.1, 0.15) is 10.6 Å². The topological polar surface area (TPSA) is 59.1 Å². The predicted octanol–water partition coefficient (Wildman–Crippen LogP) is 3.27. The van der Waals surface area contributed by atoms with E-state index in [1.165, 1.54) is 4.88 Å². The second kappa shape index (κ2) is 6.85. The molecular weight excluding hydrogens is 272 g/mol. The summed E-state index contributed by atoms with van der Waals surface area (Å²) in [6.07, 6.45) is 0.946. The molecule has 6 heteroatoms. The van der Waals surface area contributed by atoms with Crippen LogP contribution in [-0.4, -0.2) is 36.3 Å². The van der Waals surface area contributed by atoms with Gasteiger partial charge in [-0.2, -0.15) is 4.98 Å². The summed E-state index contributed by atoms with van der Waals surface area (Å²) in [6.45, 7) is 7.83. The number of nitrogens with zero attached hydrogens (tertiary/aromatic N) is 2. The molecular formula is C14H22N4OS. The Kier molecular flexibility index (Phi) is 5.14. The summed E-state index contributed by atoms with van der Waals surface area (Å²) in [7, 11) is 1.72. The lowest BCUT2D eigenvalue weighted by molar-refractivity contribution is 0.191. The molecule has 0 amide bonds. The van der Waals surface area contributed by atoms with Crippen LogP contribution < -0.4 is 10.6 Å². The average Bonchev–Trinajstić information content (AvgIpc) is 2.77. The van der Waals surface area contributed by atoms with Crippen LogP contribution in [0.25, 0.3) is 10.2 Å². The first-order valence-corrected chi connectivity index (χ1v) is 7.73. The van der Waals surface area contributed by atoms with Crippen LogP contribution in [0.1, 0.15) is 25.1 Å². The highest BCUT2D eigenvalue weighted by atomic mass is 32.1. The zero-order valence-corrected chi connectivity index (χ0v) is 13.3. The minimum atomic E-state index is 0.308. The van der Waals surface area contributed by atoms with Gasteiger partial charge in [0.15, 0.2) is 0 Å². The number of aromatic nitrogens is 2. The van der Waals surface area contributed by atoms with E-state index in [9.17, 15) is 0 Å². The molecule has 0 aliphatic rings. The number of anilines is 2. The summed E-state index contributed by atoms with van der Waals surface area (Å²) in [4.78, 5) is 11.4. The van der Waals surface area contributed by atoms with Crippen molar-refractivity contribution >= 4 is 33.3 Å². The Labute approximate surface area is 123 Å². The molecule has 0 bridgehead atoms. The number of thiophene rings is 1. The zero-order chi connectivity index (χ0) is 14.5. The first-order valence-electron chi connectivity index (χ1n) is 6.91. The highest BCUT2D eigenvalue weighted by Crippen LogP contribution is 2.30. The standard InChI is InChI=1S/C14H22N4OS/c1-5-15-14-17-12(16-9(2)6-7-19-4)11-8-10(3)20-13(11)18-14/h8-9H,5-7H2,1-4H3,(H2,15,16,17,18). The maximum Gasteiger partial charge on any atom is 0.226 e. The second-order valence-corrected chi connectivity index (χ2v) is 6.06. The molecule has 0 saturated carbocycles. The fourth-order valence-electron chi connectivity index (χ4n) is 1.99. The zero-order valence-electron chi connectivity index (χ0n) is 12.5. The molecule has 5 nitrogen and oxygen atoms in total. The molecule has 2 rings (SSSR count). The van der Waals surface area contributed by atoms with Crippen molar-refractivity contribution in [3.05, 3.63) is 10.9 Å². The molecule has 0 aromatic carbocycles. The van der Waals surface area contributed by atoms with Crippen molar-refractivity contribution in [3.63, 3.8) is 0 Å². The lowest BCUT2D eigenvalue weighted by Gasteiger charge is -2.15. The van der Waals surface area contributed by atoms with Gasteiger partial charge in [0.05, 0.1) is 5.39 Å². The van der Waals surface area contributed by atoms with Gasteiger partial charge in [-0.15, -0.1) is 11.3 Å². The highest BCUT2D eigenvalue weighted by Gasteiger charge is 2.12. The monoisotopic (exact) mass is 294 g/mol. The number of methoxy groups -OCH3 is 1. The van der Waals surface area contributed by atoms with Gasteiger partial charge in [-0.05, 0) is 33.3 Å². The van der Waals surface area contributed by atoms with E-state index in [1.54, 1.807) is 18.4 Å². The fourth-order valence-corrected chi connectivity index (χ4v) is 2.87. The van der Waals surface area contributed by atoms with Crippen LogP contribution in [0.2, 0.25) is 0 Å². The molecule has 1 unspecified atom stereocenters. The summed E-state index contributed by atoms with van der Waals surface area (Å²) in [5, 5.41) is 7.75. The number of ether oxygens (including phenoxy) is 1. The predicted molar refractivity (Wildman–Crippen MR) is 85.9 cm³/mol. The lowest BCUT2D eigenvalue weighted by atomic mass is 10.2. The minimum absolute atomic E-state index is 0.308. The largest absolute Gasteiger partial charge is 0.385 e. The Bertz CT molecular complexity index is 570. The molecule has 0 saturated heterocycles. The molecule has 2 heterocycles. The fraction of sp³-hybridized carbons (Fsp3) is 0.571. The van der Waals surface area contributed by atoms with Gasteiger partial charge in [0.2, 0.25) is 5.95 Å². The van der Waals surface area contributed by atoms with Crippen LogP contribution >= 0.6 is 11.3 Å². The van der Waals surface area contributed by atoms with E-state index in [0.29, 0.717) is 12.0 Å². The SMILES string of the molecule is CCNc1nc(NC(C)CCOC)c2cc(C)sc2n1. The number of rotatable bonds is 7. The molecule has 0 radical (unpaired) electrons. The van der Waals surface area contributed by atoms with Crippen molar-refractivity contribution in [1.82, 2.24) is 9.97 Å². The third-order valence-electron chi connectivity index (χ3n) is 2.99. The van der Waals surface area contributed by atoms with Crippen molar-refractivity contribution in [2.24, 2.45) is 0 Å². The van der Waals surface area contributed by atoms with Gasteiger partial charge in [-0.3, -0.25) is 0 Å². The van der Waals surface area contributed by atoms with Gasteiger partial charge in [0, 0.05) is 31.2 Å². The molecule has 0 fully saturated rings. The maximum absolute atomic E-state index is 5.12. The third-order valence-corrected chi connectivity index (χ3v) is 3.93. The second-order valence-electron chi connectivity index (χ2n) is 4.83. The van der Waals surface area contributed by atoms with Gasteiger partial charge < -0.3 is 15.4 Å². The number of hydrogen-bond acceptors (Lipinski definition) is 6. The Morgan fingerprint density at radius 2 is 2.20 bits per heavy atom. The molecule has 110 valence electrons. The first kappa shape index (κ1) is 15.0. The first-order chi connectivity index (χ1) is 9.63. The van der Waals surface area contributed by atoms with Crippen LogP contribution in [0.5, 0.6) is 0 Å². The Morgan fingerprint density at radius 3 is 2.90 bits per heavy atom. The van der Waals surface area contributed by atoms with Gasteiger partial charge in [-0.1, -0.05) is 0 Å². The van der Waals surface area contributed by atoms with Crippen LogP contribution in [0.3, 0.4) is 0 Å². The normalized spacial score (nSPS) is 12.6.